The molecule has 1 unspecified atom stereocenters. The van der Waals surface area contributed by atoms with Crippen molar-refractivity contribution in [1.82, 2.24) is 9.80 Å². The molecule has 1 saturated carbocycles. The average molecular weight is 371 g/mol. The Morgan fingerprint density at radius 3 is 2.48 bits per heavy atom. The van der Waals surface area contributed by atoms with Crippen LogP contribution in [0.4, 0.5) is 0 Å². The van der Waals surface area contributed by atoms with Gasteiger partial charge in [0, 0.05) is 44.2 Å². The first-order valence-electron chi connectivity index (χ1n) is 10.8. The van der Waals surface area contributed by atoms with Gasteiger partial charge in [0.15, 0.2) is 0 Å². The second-order valence-corrected chi connectivity index (χ2v) is 8.76. The molecule has 3 aliphatic rings. The number of rotatable bonds is 5. The van der Waals surface area contributed by atoms with Crippen LogP contribution in [0.25, 0.3) is 0 Å². The van der Waals surface area contributed by atoms with Gasteiger partial charge in [-0.15, -0.1) is 0 Å². The van der Waals surface area contributed by atoms with Crippen molar-refractivity contribution in [3.63, 3.8) is 0 Å². The number of methoxy groups -OCH3 is 1. The molecule has 4 rings (SSSR count). The molecule has 0 bridgehead atoms. The molecule has 1 aromatic rings. The van der Waals surface area contributed by atoms with Gasteiger partial charge in [-0.05, 0) is 31.2 Å². The van der Waals surface area contributed by atoms with Crippen molar-refractivity contribution in [3.05, 3.63) is 35.9 Å². The average Bonchev–Trinajstić information content (AvgIpc) is 2.72. The Hall–Kier alpha value is -1.39. The molecule has 0 radical (unpaired) electrons. The largest absolute Gasteiger partial charge is 0.384 e. The Morgan fingerprint density at radius 2 is 1.81 bits per heavy atom. The van der Waals surface area contributed by atoms with Crippen LogP contribution in [0.1, 0.15) is 63.0 Å². The molecule has 4 heteroatoms. The second kappa shape index (κ2) is 8.32. The first kappa shape index (κ1) is 18.9. The summed E-state index contributed by atoms with van der Waals surface area (Å²) in [6.45, 7) is 3.59. The van der Waals surface area contributed by atoms with E-state index in [9.17, 15) is 4.79 Å². The van der Waals surface area contributed by atoms with E-state index in [4.69, 9.17) is 4.74 Å². The molecule has 0 N–H and O–H groups in total. The zero-order valence-electron chi connectivity index (χ0n) is 16.7. The van der Waals surface area contributed by atoms with Gasteiger partial charge >= 0.3 is 0 Å². The molecule has 1 spiro atoms. The molecule has 2 heterocycles. The highest BCUT2D eigenvalue weighted by Crippen LogP contribution is 2.58. The number of hydrogen-bond donors (Lipinski definition) is 0. The van der Waals surface area contributed by atoms with Crippen LogP contribution < -0.4 is 0 Å². The first-order valence-corrected chi connectivity index (χ1v) is 10.8. The molecular weight excluding hydrogens is 336 g/mol. The summed E-state index contributed by atoms with van der Waals surface area (Å²) in [5.41, 5.74) is 2.01. The van der Waals surface area contributed by atoms with Crippen LogP contribution in [0.15, 0.2) is 30.3 Å². The molecule has 3 fully saturated rings. The highest BCUT2D eigenvalue weighted by atomic mass is 16.5. The van der Waals surface area contributed by atoms with Crippen molar-refractivity contribution in [2.24, 2.45) is 5.41 Å². The summed E-state index contributed by atoms with van der Waals surface area (Å²) in [4.78, 5) is 17.1. The minimum atomic E-state index is 0.252. The lowest BCUT2D eigenvalue weighted by molar-refractivity contribution is -0.144. The molecule has 1 amide bonds. The summed E-state index contributed by atoms with van der Waals surface area (Å²) >= 11 is 0. The number of hydrogen-bond acceptors (Lipinski definition) is 3. The van der Waals surface area contributed by atoms with E-state index in [1.807, 2.05) is 4.90 Å². The Bertz CT molecular complexity index is 619. The van der Waals surface area contributed by atoms with Crippen molar-refractivity contribution in [3.8, 4) is 0 Å². The van der Waals surface area contributed by atoms with Gasteiger partial charge < -0.3 is 9.64 Å². The molecule has 1 atom stereocenters. The quantitative estimate of drug-likeness (QED) is 0.785. The standard InChI is InChI=1S/C23H34N2O2/c1-27-17-12-21(26)24-15-10-20(11-16-24)25-18-23(13-6-3-7-14-23)22(25)19-8-4-2-5-9-19/h2,4-5,8-9,20,22H,3,6-7,10-18H2,1H3. The number of carbonyl (C=O) groups excluding carboxylic acids is 1. The molecule has 2 saturated heterocycles. The van der Waals surface area contributed by atoms with Crippen LogP contribution in [0.5, 0.6) is 0 Å². The smallest absolute Gasteiger partial charge is 0.224 e. The summed E-state index contributed by atoms with van der Waals surface area (Å²) in [5, 5.41) is 0. The molecular formula is C23H34N2O2. The van der Waals surface area contributed by atoms with E-state index in [-0.39, 0.29) is 5.91 Å². The maximum atomic E-state index is 12.3. The van der Waals surface area contributed by atoms with Crippen LogP contribution in [0.2, 0.25) is 0 Å². The zero-order chi connectivity index (χ0) is 18.7. The lowest BCUT2D eigenvalue weighted by atomic mass is 9.60. The van der Waals surface area contributed by atoms with Crippen LogP contribution in [0.3, 0.4) is 0 Å². The third-order valence-electron chi connectivity index (χ3n) is 7.18. The van der Waals surface area contributed by atoms with E-state index in [1.54, 1.807) is 7.11 Å². The van der Waals surface area contributed by atoms with Gasteiger partial charge in [-0.2, -0.15) is 0 Å². The normalized spacial score (nSPS) is 26.1. The summed E-state index contributed by atoms with van der Waals surface area (Å²) in [6, 6.07) is 12.4. The second-order valence-electron chi connectivity index (χ2n) is 8.76. The fourth-order valence-corrected chi connectivity index (χ4v) is 5.78. The topological polar surface area (TPSA) is 32.8 Å². The van der Waals surface area contributed by atoms with E-state index in [2.05, 4.69) is 35.2 Å². The predicted octanol–water partition coefficient (Wildman–Crippen LogP) is 4.02. The molecule has 27 heavy (non-hydrogen) atoms. The van der Waals surface area contributed by atoms with E-state index in [0.717, 1.165) is 25.9 Å². The summed E-state index contributed by atoms with van der Waals surface area (Å²) in [5.74, 6) is 0.252. The lowest BCUT2D eigenvalue weighted by Crippen LogP contribution is -2.63. The van der Waals surface area contributed by atoms with Crippen LogP contribution in [0, 0.1) is 5.41 Å². The number of piperidine rings is 1. The number of likely N-dealkylation sites (tertiary alicyclic amines) is 2. The maximum absolute atomic E-state index is 12.3. The Labute approximate surface area is 163 Å². The van der Waals surface area contributed by atoms with Crippen molar-refractivity contribution < 1.29 is 9.53 Å². The highest BCUT2D eigenvalue weighted by Gasteiger charge is 2.54. The summed E-state index contributed by atoms with van der Waals surface area (Å²) in [6.07, 6.45) is 9.70. The van der Waals surface area contributed by atoms with Gasteiger partial charge in [0.2, 0.25) is 5.91 Å². The summed E-state index contributed by atoms with van der Waals surface area (Å²) in [7, 11) is 1.66. The van der Waals surface area contributed by atoms with Gasteiger partial charge in [0.05, 0.1) is 13.0 Å². The predicted molar refractivity (Wildman–Crippen MR) is 108 cm³/mol. The number of ether oxygens (including phenoxy) is 1. The SMILES string of the molecule is COCCC(=O)N1CCC(N2CC3(CCCCC3)C2c2ccccc2)CC1. The maximum Gasteiger partial charge on any atom is 0.224 e. The molecule has 4 nitrogen and oxygen atoms in total. The van der Waals surface area contributed by atoms with Crippen LogP contribution in [-0.4, -0.2) is 55.1 Å². The molecule has 1 aliphatic carbocycles. The third-order valence-corrected chi connectivity index (χ3v) is 7.18. The van der Waals surface area contributed by atoms with Gasteiger partial charge in [-0.1, -0.05) is 49.6 Å². The van der Waals surface area contributed by atoms with Gasteiger partial charge in [-0.25, -0.2) is 0 Å². The number of nitrogens with zero attached hydrogens (tertiary/aromatic N) is 2. The monoisotopic (exact) mass is 370 g/mol. The number of carbonyl (C=O) groups is 1. The summed E-state index contributed by atoms with van der Waals surface area (Å²) < 4.78 is 5.06. The number of amides is 1. The fourth-order valence-electron chi connectivity index (χ4n) is 5.78. The molecule has 0 aromatic heterocycles. The highest BCUT2D eigenvalue weighted by molar-refractivity contribution is 5.76. The van der Waals surface area contributed by atoms with Gasteiger partial charge in [0.1, 0.15) is 0 Å². The molecule has 148 valence electrons. The van der Waals surface area contributed by atoms with Gasteiger partial charge in [-0.3, -0.25) is 9.69 Å². The van der Waals surface area contributed by atoms with E-state index in [0.29, 0.717) is 30.5 Å². The molecule has 2 aliphatic heterocycles. The van der Waals surface area contributed by atoms with E-state index in [1.165, 1.54) is 44.2 Å². The van der Waals surface area contributed by atoms with Crippen molar-refractivity contribution in [2.45, 2.75) is 63.5 Å². The Morgan fingerprint density at radius 1 is 1.11 bits per heavy atom. The van der Waals surface area contributed by atoms with Crippen LogP contribution in [-0.2, 0) is 9.53 Å². The van der Waals surface area contributed by atoms with E-state index >= 15 is 0 Å². The zero-order valence-corrected chi connectivity index (χ0v) is 16.7. The number of benzene rings is 1. The van der Waals surface area contributed by atoms with Crippen LogP contribution >= 0.6 is 0 Å². The Balaban J connectivity index is 1.42. The van der Waals surface area contributed by atoms with E-state index < -0.39 is 0 Å². The van der Waals surface area contributed by atoms with Gasteiger partial charge in [0.25, 0.3) is 0 Å². The minimum Gasteiger partial charge on any atom is -0.384 e. The Kier molecular flexibility index (Phi) is 5.84. The molecule has 1 aromatic carbocycles. The van der Waals surface area contributed by atoms with Crippen molar-refractivity contribution in [2.75, 3.05) is 33.4 Å². The lowest BCUT2D eigenvalue weighted by Gasteiger charge is -2.63. The van der Waals surface area contributed by atoms with Crippen molar-refractivity contribution in [1.29, 1.82) is 0 Å². The third kappa shape index (κ3) is 3.79. The van der Waals surface area contributed by atoms with Crippen molar-refractivity contribution >= 4 is 5.91 Å². The fraction of sp³-hybridized carbons (Fsp3) is 0.696. The minimum absolute atomic E-state index is 0.252. The first-order chi connectivity index (χ1) is 13.2.